The van der Waals surface area contributed by atoms with Gasteiger partial charge in [0.15, 0.2) is 5.78 Å². The molecule has 1 aromatic heterocycles. The van der Waals surface area contributed by atoms with Crippen LogP contribution in [0.15, 0.2) is 40.8 Å². The van der Waals surface area contributed by atoms with Gasteiger partial charge in [0.25, 0.3) is 0 Å². The van der Waals surface area contributed by atoms with Crippen molar-refractivity contribution in [1.29, 1.82) is 0 Å². The summed E-state index contributed by atoms with van der Waals surface area (Å²) in [6.45, 7) is 13.9. The molecule has 0 saturated heterocycles. The van der Waals surface area contributed by atoms with Crippen LogP contribution in [0.3, 0.4) is 0 Å². The van der Waals surface area contributed by atoms with E-state index in [-0.39, 0.29) is 22.8 Å². The molecule has 0 saturated carbocycles. The van der Waals surface area contributed by atoms with Crippen LogP contribution in [0.1, 0.15) is 62.2 Å². The fraction of sp³-hybridized carbons (Fsp3) is 0.444. The van der Waals surface area contributed by atoms with Crippen molar-refractivity contribution in [2.45, 2.75) is 47.0 Å². The first-order chi connectivity index (χ1) is 15.9. The van der Waals surface area contributed by atoms with Crippen LogP contribution in [-0.2, 0) is 6.42 Å². The van der Waals surface area contributed by atoms with Crippen LogP contribution in [-0.4, -0.2) is 43.1 Å². The van der Waals surface area contributed by atoms with Crippen molar-refractivity contribution in [3.63, 3.8) is 0 Å². The predicted octanol–water partition coefficient (Wildman–Crippen LogP) is 4.47. The van der Waals surface area contributed by atoms with Crippen molar-refractivity contribution in [2.24, 2.45) is 0 Å². The molecule has 3 rings (SSSR count). The molecule has 7 heteroatoms. The monoisotopic (exact) mass is 753 g/mol. The van der Waals surface area contributed by atoms with E-state index in [9.17, 15) is 4.79 Å². The van der Waals surface area contributed by atoms with Gasteiger partial charge >= 0.3 is 0 Å². The van der Waals surface area contributed by atoms with E-state index in [4.69, 9.17) is 9.15 Å². The summed E-state index contributed by atoms with van der Waals surface area (Å²) < 4.78 is 15.3. The molecule has 0 atom stereocenters. The fourth-order valence-corrected chi connectivity index (χ4v) is 6.40. The van der Waals surface area contributed by atoms with E-state index >= 15 is 0 Å². The Balaban J connectivity index is 0.00000408. The lowest BCUT2D eigenvalue weighted by Crippen LogP contribution is -3.00. The van der Waals surface area contributed by atoms with E-state index in [1.165, 1.54) is 0 Å². The van der Waals surface area contributed by atoms with E-state index in [1.54, 1.807) is 0 Å². The number of fused-ring (bicyclic) bond motifs is 1. The Hall–Kier alpha value is -0.650. The largest absolute Gasteiger partial charge is 1.00 e. The molecule has 1 heterocycles. The van der Waals surface area contributed by atoms with Gasteiger partial charge < -0.3 is 30.6 Å². The first-order valence-electron chi connectivity index (χ1n) is 11.9. The average Bonchev–Trinajstić information content (AvgIpc) is 3.20. The van der Waals surface area contributed by atoms with Gasteiger partial charge in [-0.3, -0.25) is 4.79 Å². The summed E-state index contributed by atoms with van der Waals surface area (Å²) in [5.74, 6) is 1.69. The van der Waals surface area contributed by atoms with Gasteiger partial charge in [0.05, 0.1) is 32.3 Å². The van der Waals surface area contributed by atoms with Gasteiger partial charge in [0, 0.05) is 17.4 Å². The predicted molar refractivity (Wildman–Crippen MR) is 152 cm³/mol. The van der Waals surface area contributed by atoms with Crippen molar-refractivity contribution < 1.29 is 35.4 Å². The molecular formula is C27H34BrI2NO3. The number of ketones is 1. The Morgan fingerprint density at radius 1 is 1.00 bits per heavy atom. The number of likely N-dealkylation sites (N-methyl/N-ethyl adjacent to an activating group) is 1. The topological polar surface area (TPSA) is 39.4 Å². The number of hydrogen-bond donors (Lipinski definition) is 0. The number of furan rings is 1. The van der Waals surface area contributed by atoms with Gasteiger partial charge in [-0.1, -0.05) is 31.5 Å². The van der Waals surface area contributed by atoms with Gasteiger partial charge in [-0.2, -0.15) is 0 Å². The van der Waals surface area contributed by atoms with E-state index in [1.807, 2.05) is 36.4 Å². The molecule has 0 aliphatic carbocycles. The number of carbonyl (C=O) groups excluding carboxylic acids is 1. The maximum absolute atomic E-state index is 13.7. The zero-order chi connectivity index (χ0) is 24.0. The first-order valence-corrected chi connectivity index (χ1v) is 14.1. The fourth-order valence-electron chi connectivity index (χ4n) is 4.32. The Morgan fingerprint density at radius 2 is 1.62 bits per heavy atom. The van der Waals surface area contributed by atoms with E-state index < -0.39 is 0 Å². The maximum Gasteiger partial charge on any atom is 0.197 e. The lowest BCUT2D eigenvalue weighted by atomic mass is 9.98. The van der Waals surface area contributed by atoms with Crippen LogP contribution < -0.4 is 21.7 Å². The SMILES string of the molecule is CCCCc1oc2ccccc2c1C(=O)c1cc(I)c(OCC[N+](CC)(CC)CC)c(I)c1.[Br-]. The number of halogens is 3. The second-order valence-electron chi connectivity index (χ2n) is 8.46. The summed E-state index contributed by atoms with van der Waals surface area (Å²) in [7, 11) is 0. The lowest BCUT2D eigenvalue weighted by molar-refractivity contribution is -0.923. The molecule has 2 aromatic carbocycles. The third-order valence-corrected chi connectivity index (χ3v) is 8.34. The Bertz CT molecular complexity index is 1080. The normalized spacial score (nSPS) is 11.5. The minimum Gasteiger partial charge on any atom is -1.00 e. The number of para-hydroxylation sites is 1. The first kappa shape index (κ1) is 29.6. The van der Waals surface area contributed by atoms with Crippen molar-refractivity contribution in [2.75, 3.05) is 32.8 Å². The standard InChI is InChI=1S/C27H34I2NO3.BrH/c1-5-9-13-24-25(20-12-10-11-14-23(20)33-24)26(31)19-17-21(28)27(22(29)18-19)32-16-15-30(6-2,7-3)8-4;/h10-12,14,17-18H,5-9,13,15-16H2,1-4H3;1H/q+1;/p-1. The minimum absolute atomic E-state index is 0. The van der Waals surface area contributed by atoms with Gasteiger partial charge in [0.1, 0.15) is 30.2 Å². The summed E-state index contributed by atoms with van der Waals surface area (Å²) >= 11 is 4.58. The molecule has 0 bridgehead atoms. The molecule has 0 radical (unpaired) electrons. The molecule has 0 spiro atoms. The molecular weight excluding hydrogens is 720 g/mol. The Morgan fingerprint density at radius 3 is 2.21 bits per heavy atom. The van der Waals surface area contributed by atoms with E-state index in [2.05, 4.69) is 72.9 Å². The number of benzene rings is 2. The number of aryl methyl sites for hydroxylation is 1. The Kier molecular flexibility index (Phi) is 11.8. The molecule has 0 unspecified atom stereocenters. The summed E-state index contributed by atoms with van der Waals surface area (Å²) in [5, 5.41) is 0.895. The number of ether oxygens (including phenoxy) is 1. The molecule has 186 valence electrons. The summed E-state index contributed by atoms with van der Waals surface area (Å²) in [5.41, 5.74) is 2.16. The zero-order valence-corrected chi connectivity index (χ0v) is 26.3. The number of unbranched alkanes of at least 4 members (excludes halogenated alkanes) is 1. The van der Waals surface area contributed by atoms with Crippen molar-refractivity contribution in [1.82, 2.24) is 0 Å². The highest BCUT2D eigenvalue weighted by Gasteiger charge is 2.24. The average molecular weight is 754 g/mol. The molecule has 0 fully saturated rings. The quantitative estimate of drug-likeness (QED) is 0.156. The molecule has 0 aliphatic heterocycles. The molecule has 0 N–H and O–H groups in total. The summed E-state index contributed by atoms with van der Waals surface area (Å²) in [6, 6.07) is 11.7. The molecule has 0 aliphatic rings. The minimum atomic E-state index is 0. The zero-order valence-electron chi connectivity index (χ0n) is 20.4. The van der Waals surface area contributed by atoms with Gasteiger partial charge in [0.2, 0.25) is 0 Å². The Labute approximate surface area is 241 Å². The van der Waals surface area contributed by atoms with Crippen molar-refractivity contribution in [3.8, 4) is 5.75 Å². The second-order valence-corrected chi connectivity index (χ2v) is 10.8. The van der Waals surface area contributed by atoms with Crippen LogP contribution in [0, 0.1) is 7.14 Å². The second kappa shape index (κ2) is 13.6. The lowest BCUT2D eigenvalue weighted by Gasteiger charge is -2.35. The van der Waals surface area contributed by atoms with Crippen molar-refractivity contribution in [3.05, 3.63) is 60.4 Å². The van der Waals surface area contributed by atoms with Crippen LogP contribution >= 0.6 is 45.2 Å². The van der Waals surface area contributed by atoms with Crippen LogP contribution in [0.5, 0.6) is 5.75 Å². The number of nitrogens with zero attached hydrogens (tertiary/aromatic N) is 1. The van der Waals surface area contributed by atoms with Gasteiger partial charge in [-0.15, -0.1) is 0 Å². The third-order valence-electron chi connectivity index (χ3n) is 6.74. The molecule has 4 nitrogen and oxygen atoms in total. The molecule has 0 amide bonds. The van der Waals surface area contributed by atoms with Gasteiger partial charge in [-0.25, -0.2) is 0 Å². The number of rotatable bonds is 12. The highest BCUT2D eigenvalue weighted by Crippen LogP contribution is 2.33. The maximum atomic E-state index is 13.7. The summed E-state index contributed by atoms with van der Waals surface area (Å²) in [4.78, 5) is 13.7. The highest BCUT2D eigenvalue weighted by molar-refractivity contribution is 14.1. The third kappa shape index (κ3) is 6.56. The molecule has 34 heavy (non-hydrogen) atoms. The number of hydrogen-bond acceptors (Lipinski definition) is 3. The van der Waals surface area contributed by atoms with Crippen LogP contribution in [0.4, 0.5) is 0 Å². The number of carbonyl (C=O) groups is 1. The van der Waals surface area contributed by atoms with Gasteiger partial charge in [-0.05, 0) is 90.6 Å². The van der Waals surface area contributed by atoms with Crippen LogP contribution in [0.25, 0.3) is 11.0 Å². The smallest absolute Gasteiger partial charge is 0.197 e. The van der Waals surface area contributed by atoms with Crippen LogP contribution in [0.2, 0.25) is 0 Å². The highest BCUT2D eigenvalue weighted by atomic mass is 127. The molecule has 3 aromatic rings. The van der Waals surface area contributed by atoms with Crippen molar-refractivity contribution >= 4 is 61.9 Å². The number of quaternary nitrogens is 1. The summed E-state index contributed by atoms with van der Waals surface area (Å²) in [6.07, 6.45) is 2.82. The van der Waals surface area contributed by atoms with E-state index in [0.29, 0.717) is 17.7 Å². The van der Waals surface area contributed by atoms with E-state index in [0.717, 1.165) is 79.5 Å².